The average molecular weight is 473 g/mol. The molecule has 0 spiro atoms. The quantitative estimate of drug-likeness (QED) is 0.660. The highest BCUT2D eigenvalue weighted by atomic mass is 79.9. The molecule has 2 aromatic rings. The maximum absolute atomic E-state index is 13.2. The van der Waals surface area contributed by atoms with E-state index in [-0.39, 0.29) is 35.2 Å². The number of ether oxygens (including phenoxy) is 1. The lowest BCUT2D eigenvalue weighted by Crippen LogP contribution is -2.32. The van der Waals surface area contributed by atoms with Gasteiger partial charge in [0.1, 0.15) is 23.9 Å². The molecule has 1 N–H and O–H groups in total. The van der Waals surface area contributed by atoms with Gasteiger partial charge in [0, 0.05) is 30.4 Å². The van der Waals surface area contributed by atoms with Crippen molar-refractivity contribution in [3.63, 3.8) is 0 Å². The molecule has 2 aliphatic rings. The smallest absolute Gasteiger partial charge is 0.182 e. The zero-order valence-corrected chi connectivity index (χ0v) is 19.7. The van der Waals surface area contributed by atoms with Gasteiger partial charge >= 0.3 is 0 Å². The van der Waals surface area contributed by atoms with Gasteiger partial charge in [-0.3, -0.25) is 10.2 Å². The number of aromatic nitrogens is 1. The van der Waals surface area contributed by atoms with Gasteiger partial charge in [-0.05, 0) is 36.1 Å². The normalized spacial score (nSPS) is 14.9. The van der Waals surface area contributed by atoms with E-state index in [0.29, 0.717) is 30.2 Å². The molecule has 30 heavy (non-hydrogen) atoms. The first-order valence-electron chi connectivity index (χ1n) is 10.3. The fraction of sp³-hybridized carbons (Fsp3) is 0.435. The van der Waals surface area contributed by atoms with Crippen molar-refractivity contribution in [2.24, 2.45) is 0 Å². The number of nitrogens with one attached hydrogen (secondary N) is 1. The number of amidine groups is 1. The third-order valence-corrected chi connectivity index (χ3v) is 5.76. The molecule has 160 valence electrons. The van der Waals surface area contributed by atoms with Crippen LogP contribution in [0.5, 0.6) is 5.75 Å². The molecule has 2 aliphatic heterocycles. The number of benzene rings is 1. The summed E-state index contributed by atoms with van der Waals surface area (Å²) in [7, 11) is 2.03. The standard InChI is InChI=1S/C23H28N4O2.BrH/c1-5-17-7-6-15-12-27(23(24)21(15)25-17)13-20(28)16-10-18(14(2)3)22-19(11-16)26(4)8-9-29-22;/h6-7,10-11,14,24H,5,8-9,12-13H2,1-4H3;1H. The van der Waals surface area contributed by atoms with E-state index in [0.717, 1.165) is 41.2 Å². The van der Waals surface area contributed by atoms with Gasteiger partial charge < -0.3 is 14.5 Å². The number of rotatable bonds is 5. The van der Waals surface area contributed by atoms with Crippen molar-refractivity contribution in [2.75, 3.05) is 31.6 Å². The third-order valence-electron chi connectivity index (χ3n) is 5.76. The summed E-state index contributed by atoms with van der Waals surface area (Å²) in [5.74, 6) is 1.50. The lowest BCUT2D eigenvalue weighted by atomic mass is 9.95. The Morgan fingerprint density at radius 1 is 1.30 bits per heavy atom. The van der Waals surface area contributed by atoms with E-state index in [4.69, 9.17) is 10.1 Å². The van der Waals surface area contributed by atoms with Crippen LogP contribution < -0.4 is 9.64 Å². The number of aryl methyl sites for hydroxylation is 1. The second-order valence-corrected chi connectivity index (χ2v) is 8.13. The number of hydrogen-bond acceptors (Lipinski definition) is 5. The molecule has 4 rings (SSSR count). The summed E-state index contributed by atoms with van der Waals surface area (Å²) >= 11 is 0. The molecule has 1 aromatic heterocycles. The summed E-state index contributed by atoms with van der Waals surface area (Å²) in [4.78, 5) is 21.7. The number of fused-ring (bicyclic) bond motifs is 2. The summed E-state index contributed by atoms with van der Waals surface area (Å²) in [6, 6.07) is 7.93. The predicted molar refractivity (Wildman–Crippen MR) is 125 cm³/mol. The van der Waals surface area contributed by atoms with Crippen LogP contribution in [0.3, 0.4) is 0 Å². The molecule has 0 unspecified atom stereocenters. The van der Waals surface area contributed by atoms with Crippen LogP contribution in [0.4, 0.5) is 5.69 Å². The molecule has 0 radical (unpaired) electrons. The Bertz CT molecular complexity index is 972. The van der Waals surface area contributed by atoms with Crippen LogP contribution >= 0.6 is 17.0 Å². The zero-order chi connectivity index (χ0) is 20.7. The van der Waals surface area contributed by atoms with Gasteiger partial charge in [-0.25, -0.2) is 4.98 Å². The molecule has 7 heteroatoms. The number of Topliss-reactive ketones (excluding diaryl/α,β-unsaturated/α-hetero) is 1. The number of likely N-dealkylation sites (N-methyl/N-ethyl adjacent to an activating group) is 1. The molecule has 0 fully saturated rings. The Morgan fingerprint density at radius 3 is 2.77 bits per heavy atom. The molecule has 0 saturated heterocycles. The maximum Gasteiger partial charge on any atom is 0.182 e. The predicted octanol–water partition coefficient (Wildman–Crippen LogP) is 4.20. The monoisotopic (exact) mass is 472 g/mol. The highest BCUT2D eigenvalue weighted by Crippen LogP contribution is 2.39. The van der Waals surface area contributed by atoms with Gasteiger partial charge in [0.05, 0.1) is 18.8 Å². The highest BCUT2D eigenvalue weighted by molar-refractivity contribution is 8.93. The van der Waals surface area contributed by atoms with Crippen molar-refractivity contribution in [1.29, 1.82) is 5.41 Å². The molecular weight excluding hydrogens is 444 g/mol. The van der Waals surface area contributed by atoms with E-state index in [2.05, 4.69) is 30.7 Å². The summed E-state index contributed by atoms with van der Waals surface area (Å²) in [5, 5.41) is 8.49. The summed E-state index contributed by atoms with van der Waals surface area (Å²) in [6.45, 7) is 8.49. The summed E-state index contributed by atoms with van der Waals surface area (Å²) < 4.78 is 5.93. The minimum atomic E-state index is 0. The summed E-state index contributed by atoms with van der Waals surface area (Å²) in [5.41, 5.74) is 5.41. The van der Waals surface area contributed by atoms with Gasteiger partial charge in [-0.2, -0.15) is 0 Å². The van der Waals surface area contributed by atoms with Gasteiger partial charge in [-0.1, -0.05) is 26.8 Å². The van der Waals surface area contributed by atoms with Crippen LogP contribution in [0.2, 0.25) is 0 Å². The Hall–Kier alpha value is -2.41. The Labute approximate surface area is 188 Å². The minimum Gasteiger partial charge on any atom is -0.489 e. The Balaban J connectivity index is 0.00000256. The first kappa shape index (κ1) is 22.3. The number of halogens is 1. The van der Waals surface area contributed by atoms with Crippen molar-refractivity contribution in [1.82, 2.24) is 9.88 Å². The summed E-state index contributed by atoms with van der Waals surface area (Å²) in [6.07, 6.45) is 0.835. The molecule has 3 heterocycles. The first-order chi connectivity index (χ1) is 13.9. The lowest BCUT2D eigenvalue weighted by molar-refractivity contribution is 0.0962. The van der Waals surface area contributed by atoms with Crippen molar-refractivity contribution in [2.45, 2.75) is 39.7 Å². The van der Waals surface area contributed by atoms with Crippen LogP contribution in [0, 0.1) is 5.41 Å². The van der Waals surface area contributed by atoms with Crippen molar-refractivity contribution in [3.8, 4) is 5.75 Å². The van der Waals surface area contributed by atoms with E-state index in [1.807, 2.05) is 36.2 Å². The number of carbonyl (C=O) groups is 1. The molecule has 0 bridgehead atoms. The number of carbonyl (C=O) groups excluding carboxylic acids is 1. The van der Waals surface area contributed by atoms with Crippen molar-refractivity contribution < 1.29 is 9.53 Å². The molecule has 0 saturated carbocycles. The van der Waals surface area contributed by atoms with Crippen LogP contribution in [-0.4, -0.2) is 48.2 Å². The van der Waals surface area contributed by atoms with E-state index in [1.54, 1.807) is 0 Å². The lowest BCUT2D eigenvalue weighted by Gasteiger charge is -2.31. The van der Waals surface area contributed by atoms with E-state index in [9.17, 15) is 4.79 Å². The third kappa shape index (κ3) is 3.95. The number of nitrogens with zero attached hydrogens (tertiary/aromatic N) is 3. The highest BCUT2D eigenvalue weighted by Gasteiger charge is 2.29. The number of ketones is 1. The van der Waals surface area contributed by atoms with Gasteiger partial charge in [0.15, 0.2) is 5.78 Å². The van der Waals surface area contributed by atoms with Crippen molar-refractivity contribution >= 4 is 34.3 Å². The Kier molecular flexibility index (Phi) is 6.50. The number of hydrogen-bond donors (Lipinski definition) is 1. The maximum atomic E-state index is 13.2. The zero-order valence-electron chi connectivity index (χ0n) is 18.0. The molecule has 1 aromatic carbocycles. The average Bonchev–Trinajstić information content (AvgIpc) is 3.02. The van der Waals surface area contributed by atoms with Crippen LogP contribution in [0.25, 0.3) is 0 Å². The first-order valence-corrected chi connectivity index (χ1v) is 10.3. The van der Waals surface area contributed by atoms with E-state index in [1.165, 1.54) is 0 Å². The Morgan fingerprint density at radius 2 is 2.07 bits per heavy atom. The van der Waals surface area contributed by atoms with E-state index < -0.39 is 0 Å². The van der Waals surface area contributed by atoms with Gasteiger partial charge in [0.2, 0.25) is 0 Å². The second kappa shape index (κ2) is 8.76. The largest absolute Gasteiger partial charge is 0.489 e. The SMILES string of the molecule is Br.CCc1ccc2c(n1)C(=N)N(CC(=O)c1cc(C(C)C)c3c(c1)N(C)CCO3)C2. The minimum absolute atomic E-state index is 0. The van der Waals surface area contributed by atoms with Crippen molar-refractivity contribution in [3.05, 3.63) is 52.3 Å². The van der Waals surface area contributed by atoms with E-state index >= 15 is 0 Å². The molecule has 6 nitrogen and oxygen atoms in total. The second-order valence-electron chi connectivity index (χ2n) is 8.13. The molecular formula is C23H29BrN4O2. The number of pyridine rings is 1. The molecule has 0 atom stereocenters. The van der Waals surface area contributed by atoms with Crippen LogP contribution in [0.15, 0.2) is 24.3 Å². The van der Waals surface area contributed by atoms with Gasteiger partial charge in [-0.15, -0.1) is 17.0 Å². The van der Waals surface area contributed by atoms with Gasteiger partial charge in [0.25, 0.3) is 0 Å². The number of anilines is 1. The molecule has 0 amide bonds. The molecule has 0 aliphatic carbocycles. The fourth-order valence-electron chi connectivity index (χ4n) is 3.96. The topological polar surface area (TPSA) is 69.5 Å². The van der Waals surface area contributed by atoms with Crippen LogP contribution in [0.1, 0.15) is 59.6 Å². The fourth-order valence-corrected chi connectivity index (χ4v) is 3.96. The van der Waals surface area contributed by atoms with Crippen LogP contribution in [-0.2, 0) is 13.0 Å².